The van der Waals surface area contributed by atoms with E-state index < -0.39 is 46.0 Å². The molecule has 35 heavy (non-hydrogen) atoms. The van der Waals surface area contributed by atoms with Crippen LogP contribution < -0.4 is 16.5 Å². The maximum absolute atomic E-state index is 13.9. The number of fused-ring (bicyclic) bond motifs is 2. The number of halogens is 2. The Labute approximate surface area is 199 Å². The molecule has 1 aromatic carbocycles. The van der Waals surface area contributed by atoms with E-state index in [1.807, 2.05) is 11.8 Å². The number of nitrogens with two attached hydrogens (primary N) is 1. The zero-order chi connectivity index (χ0) is 25.5. The van der Waals surface area contributed by atoms with E-state index in [4.69, 9.17) is 10.5 Å². The van der Waals surface area contributed by atoms with Crippen molar-refractivity contribution in [2.75, 3.05) is 26.8 Å². The Morgan fingerprint density at radius 2 is 2.09 bits per heavy atom. The molecule has 2 aromatic rings. The molecule has 0 radical (unpaired) electrons. The van der Waals surface area contributed by atoms with E-state index in [1.54, 1.807) is 7.11 Å². The van der Waals surface area contributed by atoms with E-state index >= 15 is 0 Å². The molecule has 0 bridgehead atoms. The van der Waals surface area contributed by atoms with E-state index in [9.17, 15) is 28.3 Å². The number of amides is 2. The van der Waals surface area contributed by atoms with Gasteiger partial charge in [-0.25, -0.2) is 8.78 Å². The van der Waals surface area contributed by atoms with Gasteiger partial charge < -0.3 is 24.6 Å². The monoisotopic (exact) mass is 491 g/mol. The summed E-state index contributed by atoms with van der Waals surface area (Å²) in [6, 6.07) is 2.65. The average molecular weight is 491 g/mol. The van der Waals surface area contributed by atoms with Gasteiger partial charge in [0.15, 0.2) is 17.2 Å². The lowest BCUT2D eigenvalue weighted by molar-refractivity contribution is -0.112. The van der Waals surface area contributed by atoms with E-state index in [-0.39, 0.29) is 30.4 Å². The quantitative estimate of drug-likeness (QED) is 0.539. The highest BCUT2D eigenvalue weighted by Crippen LogP contribution is 2.35. The second-order valence-corrected chi connectivity index (χ2v) is 8.79. The molecular formula is C23H27F2N5O5. The summed E-state index contributed by atoms with van der Waals surface area (Å²) in [6.45, 7) is 2.94. The third kappa shape index (κ3) is 4.28. The van der Waals surface area contributed by atoms with Crippen molar-refractivity contribution < 1.29 is 28.2 Å². The molecule has 4 N–H and O–H groups in total. The molecule has 188 valence electrons. The fourth-order valence-corrected chi connectivity index (χ4v) is 4.72. The first-order chi connectivity index (χ1) is 16.6. The fourth-order valence-electron chi connectivity index (χ4n) is 4.72. The summed E-state index contributed by atoms with van der Waals surface area (Å²) in [5.74, 6) is -5.26. The number of aromatic nitrogens is 1. The molecule has 2 atom stereocenters. The third-order valence-electron chi connectivity index (χ3n) is 6.57. The normalized spacial score (nSPS) is 22.0. The van der Waals surface area contributed by atoms with Gasteiger partial charge >= 0.3 is 0 Å². The number of nitrogens with one attached hydrogen (secondary N) is 1. The Bertz CT molecular complexity index is 1230. The van der Waals surface area contributed by atoms with Gasteiger partial charge in [0.2, 0.25) is 5.43 Å². The van der Waals surface area contributed by atoms with Gasteiger partial charge in [0.05, 0.1) is 13.2 Å². The van der Waals surface area contributed by atoms with E-state index in [1.165, 1.54) is 21.7 Å². The van der Waals surface area contributed by atoms with Gasteiger partial charge in [-0.1, -0.05) is 6.07 Å². The number of pyridine rings is 1. The number of benzene rings is 1. The lowest BCUT2D eigenvalue weighted by Gasteiger charge is -2.56. The topological polar surface area (TPSA) is 130 Å². The lowest BCUT2D eigenvalue weighted by Crippen LogP contribution is -2.77. The van der Waals surface area contributed by atoms with Crippen LogP contribution in [-0.2, 0) is 17.8 Å². The maximum atomic E-state index is 13.9. The fraction of sp³-hybridized carbons (Fsp3) is 0.435. The Hall–Kier alpha value is -3.35. The molecule has 0 aliphatic carbocycles. The smallest absolute Gasteiger partial charge is 0.277 e. The van der Waals surface area contributed by atoms with E-state index in [0.717, 1.165) is 6.07 Å². The minimum Gasteiger partial charge on any atom is -0.503 e. The summed E-state index contributed by atoms with van der Waals surface area (Å²) in [4.78, 5) is 42.3. The van der Waals surface area contributed by atoms with Crippen LogP contribution in [0.15, 0.2) is 29.2 Å². The van der Waals surface area contributed by atoms with E-state index in [0.29, 0.717) is 32.2 Å². The molecule has 12 heteroatoms. The van der Waals surface area contributed by atoms with Gasteiger partial charge in [-0.3, -0.25) is 25.0 Å². The number of aromatic hydroxyl groups is 1. The Kier molecular flexibility index (Phi) is 6.62. The Morgan fingerprint density at radius 3 is 2.77 bits per heavy atom. The molecule has 1 saturated heterocycles. The lowest BCUT2D eigenvalue weighted by atomic mass is 9.99. The number of methoxy groups -OCH3 is 1. The first-order valence-electron chi connectivity index (χ1n) is 11.1. The predicted octanol–water partition coefficient (Wildman–Crippen LogP) is 0.571. The second-order valence-electron chi connectivity index (χ2n) is 8.79. The number of nitrogens with zero attached hydrogens (tertiary/aromatic N) is 3. The predicted molar refractivity (Wildman–Crippen MR) is 121 cm³/mol. The largest absolute Gasteiger partial charge is 0.503 e. The summed E-state index contributed by atoms with van der Waals surface area (Å²) in [5.41, 5.74) is 5.03. The highest BCUT2D eigenvalue weighted by atomic mass is 19.1. The first-order valence-corrected chi connectivity index (χ1v) is 11.1. The van der Waals surface area contributed by atoms with Gasteiger partial charge in [0.1, 0.15) is 17.2 Å². The van der Waals surface area contributed by atoms with Gasteiger partial charge in [-0.15, -0.1) is 0 Å². The zero-order valence-electron chi connectivity index (χ0n) is 19.4. The number of hydrogen-bond acceptors (Lipinski definition) is 7. The summed E-state index contributed by atoms with van der Waals surface area (Å²) >= 11 is 0. The summed E-state index contributed by atoms with van der Waals surface area (Å²) in [6.07, 6.45) is 1.81. The molecule has 0 spiro atoms. The van der Waals surface area contributed by atoms with Crippen LogP contribution in [-0.4, -0.2) is 69.9 Å². The number of rotatable bonds is 6. The minimum absolute atomic E-state index is 0.0111. The zero-order valence-corrected chi connectivity index (χ0v) is 19.4. The van der Waals surface area contributed by atoms with Crippen LogP contribution in [0.2, 0.25) is 0 Å². The molecule has 2 aliphatic heterocycles. The Morgan fingerprint density at radius 1 is 1.34 bits per heavy atom. The first kappa shape index (κ1) is 24.8. The van der Waals surface area contributed by atoms with Gasteiger partial charge in [0, 0.05) is 50.6 Å². The molecule has 3 heterocycles. The molecule has 10 nitrogen and oxygen atoms in total. The number of hydrogen-bond donors (Lipinski definition) is 3. The second kappa shape index (κ2) is 9.36. The summed E-state index contributed by atoms with van der Waals surface area (Å²) < 4.78 is 33.5. The minimum atomic E-state index is -1.27. The van der Waals surface area contributed by atoms with Crippen molar-refractivity contribution >= 4 is 11.8 Å². The van der Waals surface area contributed by atoms with Crippen LogP contribution in [0.4, 0.5) is 8.78 Å². The summed E-state index contributed by atoms with van der Waals surface area (Å²) in [7, 11) is 1.56. The van der Waals surface area contributed by atoms with Crippen molar-refractivity contribution in [3.05, 3.63) is 63.1 Å². The van der Waals surface area contributed by atoms with Crippen LogP contribution in [0, 0.1) is 11.6 Å². The van der Waals surface area contributed by atoms with Crippen LogP contribution in [0.25, 0.3) is 0 Å². The molecule has 1 aromatic heterocycles. The molecule has 4 rings (SSSR count). The van der Waals surface area contributed by atoms with Crippen molar-refractivity contribution in [3.8, 4) is 5.75 Å². The van der Waals surface area contributed by atoms with Crippen LogP contribution in [0.5, 0.6) is 5.75 Å². The van der Waals surface area contributed by atoms with Crippen LogP contribution >= 0.6 is 0 Å². The number of carbonyl (C=O) groups is 2. The van der Waals surface area contributed by atoms with Crippen molar-refractivity contribution in [2.24, 2.45) is 5.73 Å². The maximum Gasteiger partial charge on any atom is 0.277 e. The molecule has 2 aliphatic rings. The highest BCUT2D eigenvalue weighted by Gasteiger charge is 2.52. The van der Waals surface area contributed by atoms with Gasteiger partial charge in [0.25, 0.3) is 11.8 Å². The SMILES string of the molecule is COCCN1CC[C@H](C)N2C(=O)c3c(O)c(=O)c(C(=O)NCc4ccc(F)cc4F)cn3C[C@@]12N. The average Bonchev–Trinajstić information content (AvgIpc) is 2.79. The number of ether oxygens (including phenoxy) is 1. The van der Waals surface area contributed by atoms with Gasteiger partial charge in [-0.2, -0.15) is 0 Å². The molecule has 0 saturated carbocycles. The van der Waals surface area contributed by atoms with Crippen LogP contribution in [0.3, 0.4) is 0 Å². The highest BCUT2D eigenvalue weighted by molar-refractivity contribution is 5.99. The van der Waals surface area contributed by atoms with Crippen molar-refractivity contribution in [2.45, 2.75) is 38.3 Å². The number of carbonyl (C=O) groups excluding carboxylic acids is 2. The Balaban J connectivity index is 1.68. The standard InChI is InChI=1S/C23H27F2N5O5/c1-13-5-6-29(7-8-35-2)23(26)12-28-11-16(19(31)20(32)18(28)22(34)30(13)23)21(33)27-10-14-3-4-15(24)9-17(14)25/h3-4,9,11,13,32H,5-8,10,12,26H2,1-2H3,(H,27,33)/t13-,23+/m0/s1. The molecule has 1 fully saturated rings. The van der Waals surface area contributed by atoms with Crippen molar-refractivity contribution in [1.82, 2.24) is 19.7 Å². The van der Waals surface area contributed by atoms with Crippen molar-refractivity contribution in [3.63, 3.8) is 0 Å². The third-order valence-corrected chi connectivity index (χ3v) is 6.57. The van der Waals surface area contributed by atoms with Crippen molar-refractivity contribution in [1.29, 1.82) is 0 Å². The van der Waals surface area contributed by atoms with E-state index in [2.05, 4.69) is 5.32 Å². The summed E-state index contributed by atoms with van der Waals surface area (Å²) in [5, 5.41) is 13.0. The van der Waals surface area contributed by atoms with Gasteiger partial charge in [-0.05, 0) is 19.4 Å². The molecule has 2 amide bonds. The molecule has 0 unspecified atom stereocenters. The molecular weight excluding hydrogens is 464 g/mol. The van der Waals surface area contributed by atoms with Crippen LogP contribution in [0.1, 0.15) is 39.8 Å².